The second-order valence-corrected chi connectivity index (χ2v) is 6.03. The number of hydrogen-bond acceptors (Lipinski definition) is 3. The summed E-state index contributed by atoms with van der Waals surface area (Å²) in [6.45, 7) is 0.441. The van der Waals surface area contributed by atoms with Gasteiger partial charge in [-0.2, -0.15) is 5.10 Å². The fraction of sp³-hybridized carbons (Fsp3) is 0.312. The van der Waals surface area contributed by atoms with Gasteiger partial charge in [-0.05, 0) is 17.7 Å². The highest BCUT2D eigenvalue weighted by Crippen LogP contribution is 2.20. The maximum Gasteiger partial charge on any atom is 0.312 e. The van der Waals surface area contributed by atoms with E-state index in [-0.39, 0.29) is 12.3 Å². The molecule has 7 nitrogen and oxygen atoms in total. The lowest BCUT2D eigenvalue weighted by Crippen LogP contribution is -2.37. The van der Waals surface area contributed by atoms with Gasteiger partial charge in [-0.1, -0.05) is 23.7 Å². The van der Waals surface area contributed by atoms with E-state index in [4.69, 9.17) is 17.3 Å². The molecule has 0 aliphatic heterocycles. The number of aryl methyl sites for hydroxylation is 1. The van der Waals surface area contributed by atoms with Gasteiger partial charge in [0.2, 0.25) is 5.91 Å². The first-order chi connectivity index (χ1) is 11.3. The third-order valence-corrected chi connectivity index (χ3v) is 3.82. The Morgan fingerprint density at radius 2 is 2.04 bits per heavy atom. The summed E-state index contributed by atoms with van der Waals surface area (Å²) in [5.41, 5.74) is 6.92. The zero-order valence-corrected chi connectivity index (χ0v) is 14.3. The van der Waals surface area contributed by atoms with E-state index < -0.39 is 12.1 Å². The van der Waals surface area contributed by atoms with Gasteiger partial charge in [0.15, 0.2) is 0 Å². The van der Waals surface area contributed by atoms with Gasteiger partial charge >= 0.3 is 6.03 Å². The third-order valence-electron chi connectivity index (χ3n) is 3.57. The molecular weight excluding hydrogens is 330 g/mol. The van der Waals surface area contributed by atoms with Gasteiger partial charge in [0.05, 0.1) is 18.7 Å². The molecule has 0 fully saturated rings. The number of hydrogen-bond donors (Lipinski definition) is 2. The molecule has 24 heavy (non-hydrogen) atoms. The van der Waals surface area contributed by atoms with Crippen LogP contribution in [0.2, 0.25) is 5.02 Å². The molecule has 1 aromatic carbocycles. The Morgan fingerprint density at radius 3 is 2.58 bits per heavy atom. The molecule has 0 saturated heterocycles. The standard InChI is InChI=1S/C16H20ClN5O2/c1-21(9-11-8-19-22(2)10-11)15(23)7-14(20-16(18)24)12-3-5-13(17)6-4-12/h3-6,8,10,14H,7,9H2,1-2H3,(H3,18,20,24)/t14-/m1/s1. The summed E-state index contributed by atoms with van der Waals surface area (Å²) in [6.07, 6.45) is 3.66. The van der Waals surface area contributed by atoms with Crippen molar-refractivity contribution in [3.63, 3.8) is 0 Å². The second kappa shape index (κ2) is 7.83. The lowest BCUT2D eigenvalue weighted by Gasteiger charge is -2.22. The molecule has 2 rings (SSSR count). The molecule has 3 amide bonds. The second-order valence-electron chi connectivity index (χ2n) is 5.59. The van der Waals surface area contributed by atoms with Crippen molar-refractivity contribution in [2.45, 2.75) is 19.0 Å². The predicted octanol–water partition coefficient (Wildman–Crippen LogP) is 1.83. The van der Waals surface area contributed by atoms with Gasteiger partial charge in [-0.15, -0.1) is 0 Å². The van der Waals surface area contributed by atoms with E-state index in [1.807, 2.05) is 13.2 Å². The first-order valence-electron chi connectivity index (χ1n) is 7.38. The van der Waals surface area contributed by atoms with Crippen LogP contribution in [0.1, 0.15) is 23.6 Å². The van der Waals surface area contributed by atoms with Crippen molar-refractivity contribution >= 4 is 23.5 Å². The highest BCUT2D eigenvalue weighted by atomic mass is 35.5. The van der Waals surface area contributed by atoms with Crippen molar-refractivity contribution in [2.75, 3.05) is 7.05 Å². The van der Waals surface area contributed by atoms with Crippen LogP contribution in [0.3, 0.4) is 0 Å². The first kappa shape index (κ1) is 17.8. The summed E-state index contributed by atoms with van der Waals surface area (Å²) in [4.78, 5) is 25.3. The Bertz CT molecular complexity index is 714. The molecule has 128 valence electrons. The number of nitrogens with one attached hydrogen (secondary N) is 1. The lowest BCUT2D eigenvalue weighted by atomic mass is 10.0. The summed E-state index contributed by atoms with van der Waals surface area (Å²) in [5, 5.41) is 7.26. The third kappa shape index (κ3) is 4.99. The van der Waals surface area contributed by atoms with Gasteiger partial charge in [-0.25, -0.2) is 4.79 Å². The molecule has 0 aliphatic carbocycles. The topological polar surface area (TPSA) is 93.2 Å². The SMILES string of the molecule is CN(Cc1cnn(C)c1)C(=O)C[C@@H](NC(N)=O)c1ccc(Cl)cc1. The number of benzene rings is 1. The molecule has 8 heteroatoms. The summed E-state index contributed by atoms with van der Waals surface area (Å²) in [5.74, 6) is -0.118. The molecule has 0 radical (unpaired) electrons. The van der Waals surface area contributed by atoms with Crippen LogP contribution in [0.15, 0.2) is 36.7 Å². The van der Waals surface area contributed by atoms with Gasteiger partial charge in [-0.3, -0.25) is 9.48 Å². The summed E-state index contributed by atoms with van der Waals surface area (Å²) < 4.78 is 1.68. The highest BCUT2D eigenvalue weighted by molar-refractivity contribution is 6.30. The number of nitrogens with two attached hydrogens (primary N) is 1. The Labute approximate surface area is 145 Å². The number of carbonyl (C=O) groups is 2. The molecule has 0 unspecified atom stereocenters. The minimum atomic E-state index is -0.683. The van der Waals surface area contributed by atoms with E-state index in [0.29, 0.717) is 11.6 Å². The van der Waals surface area contributed by atoms with Crippen molar-refractivity contribution in [1.82, 2.24) is 20.0 Å². The number of primary amides is 1. The van der Waals surface area contributed by atoms with Gasteiger partial charge in [0, 0.05) is 37.4 Å². The molecular formula is C16H20ClN5O2. The quantitative estimate of drug-likeness (QED) is 0.833. The molecule has 0 saturated carbocycles. The first-order valence-corrected chi connectivity index (χ1v) is 7.76. The van der Waals surface area contributed by atoms with Crippen LogP contribution in [0, 0.1) is 0 Å². The fourth-order valence-electron chi connectivity index (χ4n) is 2.37. The van der Waals surface area contributed by atoms with Crippen LogP contribution in [0.25, 0.3) is 0 Å². The normalized spacial score (nSPS) is 11.8. The Balaban J connectivity index is 2.05. The van der Waals surface area contributed by atoms with Crippen molar-refractivity contribution in [3.05, 3.63) is 52.8 Å². The molecule has 1 heterocycles. The van der Waals surface area contributed by atoms with Gasteiger partial charge < -0.3 is 16.0 Å². The molecule has 0 spiro atoms. The monoisotopic (exact) mass is 349 g/mol. The number of aromatic nitrogens is 2. The minimum Gasteiger partial charge on any atom is -0.352 e. The van der Waals surface area contributed by atoms with Crippen LogP contribution < -0.4 is 11.1 Å². The number of nitrogens with zero attached hydrogens (tertiary/aromatic N) is 3. The average Bonchev–Trinajstić information content (AvgIpc) is 2.92. The highest BCUT2D eigenvalue weighted by Gasteiger charge is 2.20. The molecule has 0 aliphatic rings. The maximum atomic E-state index is 12.5. The van der Waals surface area contributed by atoms with Crippen LogP contribution in [0.5, 0.6) is 0 Å². The molecule has 1 atom stereocenters. The van der Waals surface area contributed by atoms with Crippen LogP contribution >= 0.6 is 11.6 Å². The van der Waals surface area contributed by atoms with Crippen molar-refractivity contribution in [1.29, 1.82) is 0 Å². The number of carbonyl (C=O) groups excluding carboxylic acids is 2. The van der Waals surface area contributed by atoms with Gasteiger partial charge in [0.1, 0.15) is 0 Å². The molecule has 0 bridgehead atoms. The Morgan fingerprint density at radius 1 is 1.38 bits per heavy atom. The molecule has 3 N–H and O–H groups in total. The summed E-state index contributed by atoms with van der Waals surface area (Å²) in [6, 6.07) is 5.74. The zero-order chi connectivity index (χ0) is 17.7. The predicted molar refractivity (Wildman–Crippen MR) is 91.2 cm³/mol. The Kier molecular flexibility index (Phi) is 5.81. The van der Waals surface area contributed by atoms with E-state index in [1.54, 1.807) is 47.1 Å². The largest absolute Gasteiger partial charge is 0.352 e. The Hall–Kier alpha value is -2.54. The molecule has 1 aromatic heterocycles. The molecule has 2 aromatic rings. The van der Waals surface area contributed by atoms with E-state index in [1.165, 1.54) is 0 Å². The van der Waals surface area contributed by atoms with Gasteiger partial charge in [0.25, 0.3) is 0 Å². The van der Waals surface area contributed by atoms with E-state index in [0.717, 1.165) is 11.1 Å². The average molecular weight is 350 g/mol. The number of rotatable bonds is 6. The van der Waals surface area contributed by atoms with E-state index in [2.05, 4.69) is 10.4 Å². The van der Waals surface area contributed by atoms with Crippen LogP contribution in [-0.4, -0.2) is 33.7 Å². The minimum absolute atomic E-state index is 0.0985. The summed E-state index contributed by atoms with van der Waals surface area (Å²) in [7, 11) is 3.52. The number of amides is 3. The fourth-order valence-corrected chi connectivity index (χ4v) is 2.49. The van der Waals surface area contributed by atoms with E-state index in [9.17, 15) is 9.59 Å². The van der Waals surface area contributed by atoms with Crippen molar-refractivity contribution in [2.24, 2.45) is 12.8 Å². The number of halogens is 1. The zero-order valence-electron chi connectivity index (χ0n) is 13.6. The number of urea groups is 1. The maximum absolute atomic E-state index is 12.5. The van der Waals surface area contributed by atoms with Crippen molar-refractivity contribution in [3.8, 4) is 0 Å². The van der Waals surface area contributed by atoms with E-state index >= 15 is 0 Å². The van der Waals surface area contributed by atoms with Crippen molar-refractivity contribution < 1.29 is 9.59 Å². The lowest BCUT2D eigenvalue weighted by molar-refractivity contribution is -0.130. The summed E-state index contributed by atoms with van der Waals surface area (Å²) >= 11 is 5.88. The van der Waals surface area contributed by atoms with Crippen LogP contribution in [0.4, 0.5) is 4.79 Å². The van der Waals surface area contributed by atoms with Crippen LogP contribution in [-0.2, 0) is 18.4 Å². The smallest absolute Gasteiger partial charge is 0.312 e.